The summed E-state index contributed by atoms with van der Waals surface area (Å²) >= 11 is 0. The second kappa shape index (κ2) is 4.19. The van der Waals surface area contributed by atoms with Crippen molar-refractivity contribution in [2.75, 3.05) is 0 Å². The second-order valence-corrected chi connectivity index (χ2v) is 5.22. The minimum Gasteiger partial charge on any atom is -0.466 e. The maximum atomic E-state index is 5.91. The Morgan fingerprint density at radius 2 is 1.95 bits per heavy atom. The summed E-state index contributed by atoms with van der Waals surface area (Å²) in [5.41, 5.74) is 3.42. The number of aromatic nitrogens is 1. The van der Waals surface area contributed by atoms with E-state index in [0.29, 0.717) is 0 Å². The Balaban J connectivity index is 2.21. The van der Waals surface area contributed by atoms with E-state index in [1.807, 2.05) is 38.1 Å². The van der Waals surface area contributed by atoms with E-state index in [4.69, 9.17) is 9.73 Å². The summed E-state index contributed by atoms with van der Waals surface area (Å²) in [7, 11) is 0. The molecule has 0 unspecified atom stereocenters. The number of hydrogen-bond acceptors (Lipinski definition) is 3. The fourth-order valence-corrected chi connectivity index (χ4v) is 2.24. The largest absolute Gasteiger partial charge is 0.466 e. The maximum Gasteiger partial charge on any atom is 0.195 e. The van der Waals surface area contributed by atoms with Crippen molar-refractivity contribution in [2.24, 2.45) is 4.99 Å². The molecule has 0 radical (unpaired) electrons. The summed E-state index contributed by atoms with van der Waals surface area (Å²) in [5, 5.41) is 0. The number of ether oxygens (including phenoxy) is 1. The maximum absolute atomic E-state index is 5.91. The van der Waals surface area contributed by atoms with Crippen molar-refractivity contribution < 1.29 is 4.74 Å². The zero-order valence-corrected chi connectivity index (χ0v) is 11.3. The Morgan fingerprint density at radius 1 is 1.11 bits per heavy atom. The molecule has 0 spiro atoms. The van der Waals surface area contributed by atoms with Gasteiger partial charge in [-0.3, -0.25) is 4.98 Å². The summed E-state index contributed by atoms with van der Waals surface area (Å²) in [4.78, 5) is 9.11. The smallest absolute Gasteiger partial charge is 0.195 e. The molecular weight excluding hydrogens is 236 g/mol. The van der Waals surface area contributed by atoms with Crippen LogP contribution in [-0.4, -0.2) is 16.4 Å². The highest BCUT2D eigenvalue weighted by Crippen LogP contribution is 2.32. The molecule has 0 amide bonds. The molecule has 2 heterocycles. The summed E-state index contributed by atoms with van der Waals surface area (Å²) < 4.78 is 5.91. The highest BCUT2D eigenvalue weighted by molar-refractivity contribution is 6.14. The summed E-state index contributed by atoms with van der Waals surface area (Å²) in [5.74, 6) is 0.867. The van der Waals surface area contributed by atoms with Gasteiger partial charge < -0.3 is 4.74 Å². The zero-order valence-electron chi connectivity index (χ0n) is 11.3. The summed E-state index contributed by atoms with van der Waals surface area (Å²) in [6.45, 7) is 5.98. The average Bonchev–Trinajstić information content (AvgIpc) is 2.39. The van der Waals surface area contributed by atoms with E-state index < -0.39 is 5.72 Å². The lowest BCUT2D eigenvalue weighted by molar-refractivity contribution is 0.115. The van der Waals surface area contributed by atoms with Gasteiger partial charge in [0.15, 0.2) is 5.72 Å². The Kier molecular flexibility index (Phi) is 2.63. The molecule has 3 rings (SSSR count). The Hall–Kier alpha value is -2.16. The SMILES string of the molecule is Cc1ccc2c(c1)C(c1ccccn1)=NC(C)(C)O2. The van der Waals surface area contributed by atoms with Gasteiger partial charge in [-0.15, -0.1) is 0 Å². The van der Waals surface area contributed by atoms with Crippen LogP contribution in [0.5, 0.6) is 5.75 Å². The molecule has 19 heavy (non-hydrogen) atoms. The van der Waals surface area contributed by atoms with Crippen LogP contribution in [-0.2, 0) is 0 Å². The topological polar surface area (TPSA) is 34.5 Å². The number of nitrogens with zero attached hydrogens (tertiary/aromatic N) is 2. The van der Waals surface area contributed by atoms with Crippen molar-refractivity contribution in [3.05, 3.63) is 59.4 Å². The molecule has 0 saturated heterocycles. The number of aliphatic imine (C=N–C) groups is 1. The molecule has 1 aliphatic heterocycles. The Bertz CT molecular complexity index is 645. The lowest BCUT2D eigenvalue weighted by Gasteiger charge is -2.30. The van der Waals surface area contributed by atoms with E-state index in [-0.39, 0.29) is 0 Å². The van der Waals surface area contributed by atoms with Crippen LogP contribution in [0.15, 0.2) is 47.6 Å². The molecule has 0 atom stereocenters. The molecule has 1 aromatic heterocycles. The van der Waals surface area contributed by atoms with Crippen LogP contribution in [0.1, 0.15) is 30.7 Å². The number of benzene rings is 1. The van der Waals surface area contributed by atoms with Crippen molar-refractivity contribution in [2.45, 2.75) is 26.5 Å². The van der Waals surface area contributed by atoms with Crippen molar-refractivity contribution in [1.29, 1.82) is 0 Å². The molecule has 1 aliphatic rings. The van der Waals surface area contributed by atoms with Gasteiger partial charge >= 0.3 is 0 Å². The minimum atomic E-state index is -0.560. The second-order valence-electron chi connectivity index (χ2n) is 5.22. The number of aryl methyl sites for hydroxylation is 1. The first-order valence-electron chi connectivity index (χ1n) is 6.36. The first-order valence-corrected chi connectivity index (χ1v) is 6.36. The van der Waals surface area contributed by atoms with Gasteiger partial charge in [0.2, 0.25) is 0 Å². The number of fused-ring (bicyclic) bond motifs is 1. The predicted molar refractivity (Wildman–Crippen MR) is 75.8 cm³/mol. The van der Waals surface area contributed by atoms with E-state index in [1.165, 1.54) is 5.56 Å². The van der Waals surface area contributed by atoms with Crippen LogP contribution >= 0.6 is 0 Å². The third kappa shape index (κ3) is 2.24. The molecule has 0 N–H and O–H groups in total. The van der Waals surface area contributed by atoms with Crippen LogP contribution < -0.4 is 4.74 Å². The standard InChI is InChI=1S/C16H16N2O/c1-11-7-8-14-12(10-11)15(18-16(2,3)19-14)13-6-4-5-9-17-13/h4-10H,1-3H3. The molecule has 0 bridgehead atoms. The van der Waals surface area contributed by atoms with Gasteiger partial charge in [-0.1, -0.05) is 17.7 Å². The van der Waals surface area contributed by atoms with Gasteiger partial charge in [0.05, 0.1) is 11.4 Å². The number of hydrogen-bond donors (Lipinski definition) is 0. The molecular formula is C16H16N2O. The van der Waals surface area contributed by atoms with Gasteiger partial charge in [0.1, 0.15) is 5.75 Å². The van der Waals surface area contributed by atoms with Crippen LogP contribution in [0, 0.1) is 6.92 Å². The van der Waals surface area contributed by atoms with Gasteiger partial charge in [-0.2, -0.15) is 0 Å². The van der Waals surface area contributed by atoms with Crippen LogP contribution in [0.4, 0.5) is 0 Å². The summed E-state index contributed by atoms with van der Waals surface area (Å²) in [6.07, 6.45) is 1.79. The third-order valence-electron chi connectivity index (χ3n) is 3.04. The Labute approximate surface area is 113 Å². The van der Waals surface area contributed by atoms with Gasteiger partial charge in [0.25, 0.3) is 0 Å². The molecule has 3 heteroatoms. The fraction of sp³-hybridized carbons (Fsp3) is 0.250. The number of pyridine rings is 1. The molecule has 0 saturated carbocycles. The predicted octanol–water partition coefficient (Wildman–Crippen LogP) is 3.36. The van der Waals surface area contributed by atoms with Gasteiger partial charge in [-0.05, 0) is 45.0 Å². The zero-order chi connectivity index (χ0) is 13.5. The van der Waals surface area contributed by atoms with E-state index >= 15 is 0 Å². The van der Waals surface area contributed by atoms with Crippen molar-refractivity contribution in [3.63, 3.8) is 0 Å². The monoisotopic (exact) mass is 252 g/mol. The number of rotatable bonds is 1. The lowest BCUT2D eigenvalue weighted by Crippen LogP contribution is -2.32. The van der Waals surface area contributed by atoms with Crippen LogP contribution in [0.3, 0.4) is 0 Å². The van der Waals surface area contributed by atoms with E-state index in [2.05, 4.69) is 24.0 Å². The highest BCUT2D eigenvalue weighted by atomic mass is 16.5. The van der Waals surface area contributed by atoms with Gasteiger partial charge in [-0.25, -0.2) is 4.99 Å². The molecule has 0 fully saturated rings. The van der Waals surface area contributed by atoms with E-state index in [9.17, 15) is 0 Å². The molecule has 0 aliphatic carbocycles. The highest BCUT2D eigenvalue weighted by Gasteiger charge is 2.29. The summed E-state index contributed by atoms with van der Waals surface area (Å²) in [6, 6.07) is 12.0. The Morgan fingerprint density at radius 3 is 2.68 bits per heavy atom. The van der Waals surface area contributed by atoms with Gasteiger partial charge in [0, 0.05) is 11.8 Å². The molecule has 1 aromatic carbocycles. The van der Waals surface area contributed by atoms with E-state index in [0.717, 1.165) is 22.7 Å². The average molecular weight is 252 g/mol. The van der Waals surface area contributed by atoms with Crippen LogP contribution in [0.2, 0.25) is 0 Å². The minimum absolute atomic E-state index is 0.560. The third-order valence-corrected chi connectivity index (χ3v) is 3.04. The van der Waals surface area contributed by atoms with Crippen LogP contribution in [0.25, 0.3) is 0 Å². The quantitative estimate of drug-likeness (QED) is 0.780. The first-order chi connectivity index (χ1) is 9.05. The van der Waals surface area contributed by atoms with E-state index in [1.54, 1.807) is 6.20 Å². The molecule has 96 valence electrons. The van der Waals surface area contributed by atoms with Crippen molar-refractivity contribution >= 4 is 5.71 Å². The molecule has 3 nitrogen and oxygen atoms in total. The normalized spacial score (nSPS) is 16.3. The first kappa shape index (κ1) is 11.9. The lowest BCUT2D eigenvalue weighted by atomic mass is 10.0. The fourth-order valence-electron chi connectivity index (χ4n) is 2.24. The van der Waals surface area contributed by atoms with Crippen molar-refractivity contribution in [1.82, 2.24) is 4.98 Å². The molecule has 2 aromatic rings. The van der Waals surface area contributed by atoms with Crippen molar-refractivity contribution in [3.8, 4) is 5.75 Å².